The highest BCUT2D eigenvalue weighted by atomic mass is 16.6. The number of β-amino-alcohol motifs (C(OH)–C–C–N with tert-alkyl or cyclic N) is 2. The van der Waals surface area contributed by atoms with Gasteiger partial charge in [0.15, 0.2) is 0 Å². The van der Waals surface area contributed by atoms with Gasteiger partial charge in [0, 0.05) is 63.4 Å². The van der Waals surface area contributed by atoms with Gasteiger partial charge in [0.1, 0.15) is 0 Å². The van der Waals surface area contributed by atoms with Gasteiger partial charge in [-0.1, -0.05) is 6.08 Å². The zero-order chi connectivity index (χ0) is 21.7. The van der Waals surface area contributed by atoms with Gasteiger partial charge in [-0.15, -0.1) is 0 Å². The molecule has 1 heterocycles. The van der Waals surface area contributed by atoms with Gasteiger partial charge in [-0.05, 0) is 30.2 Å². The number of hydrogen-bond donors (Lipinski definition) is 2. The summed E-state index contributed by atoms with van der Waals surface area (Å²) in [6, 6.07) is 5.93. The van der Waals surface area contributed by atoms with Gasteiger partial charge >= 0.3 is 0 Å². The van der Waals surface area contributed by atoms with Crippen molar-refractivity contribution < 1.29 is 20.1 Å². The summed E-state index contributed by atoms with van der Waals surface area (Å²) in [5.41, 5.74) is 0.708. The van der Waals surface area contributed by atoms with Crippen molar-refractivity contribution >= 4 is 5.69 Å². The molecule has 1 aromatic rings. The Labute approximate surface area is 174 Å². The molecule has 3 unspecified atom stereocenters. The van der Waals surface area contributed by atoms with E-state index < -0.39 is 22.1 Å². The minimum absolute atomic E-state index is 0.00368. The van der Waals surface area contributed by atoms with Crippen molar-refractivity contribution in [2.24, 2.45) is 5.92 Å². The SMILES string of the molecule is O=[N+]([O-])C1=CCC(C(O)CN2CCN(CC(O)c3ccc([N+](=O)[O-])cc3)CC2)C=C1. The number of piperazine rings is 1. The number of aliphatic hydroxyl groups excluding tert-OH is 2. The number of non-ortho nitro benzene ring substituents is 1. The molecule has 162 valence electrons. The predicted octanol–water partition coefficient (Wildman–Crippen LogP) is 1.34. The van der Waals surface area contributed by atoms with Gasteiger partial charge in [-0.2, -0.15) is 0 Å². The highest BCUT2D eigenvalue weighted by Gasteiger charge is 2.26. The van der Waals surface area contributed by atoms with Crippen LogP contribution in [-0.2, 0) is 0 Å². The molecule has 1 saturated heterocycles. The number of rotatable bonds is 8. The van der Waals surface area contributed by atoms with Crippen molar-refractivity contribution in [1.29, 1.82) is 0 Å². The molecular weight excluding hydrogens is 392 g/mol. The Bertz CT molecular complexity index is 817. The fourth-order valence-electron chi connectivity index (χ4n) is 3.77. The summed E-state index contributed by atoms with van der Waals surface area (Å²) < 4.78 is 0. The Hall–Kier alpha value is -2.66. The summed E-state index contributed by atoms with van der Waals surface area (Å²) >= 11 is 0. The van der Waals surface area contributed by atoms with Crippen LogP contribution in [-0.4, -0.2) is 75.2 Å². The second kappa shape index (κ2) is 9.90. The summed E-state index contributed by atoms with van der Waals surface area (Å²) in [4.78, 5) is 24.9. The largest absolute Gasteiger partial charge is 0.391 e. The van der Waals surface area contributed by atoms with Crippen molar-refractivity contribution in [3.05, 3.63) is 74.0 Å². The highest BCUT2D eigenvalue weighted by Crippen LogP contribution is 2.22. The van der Waals surface area contributed by atoms with Crippen molar-refractivity contribution in [2.75, 3.05) is 39.3 Å². The maximum absolute atomic E-state index is 10.8. The quantitative estimate of drug-likeness (QED) is 0.477. The molecule has 1 fully saturated rings. The Morgan fingerprint density at radius 1 is 0.967 bits per heavy atom. The molecule has 30 heavy (non-hydrogen) atoms. The van der Waals surface area contributed by atoms with Gasteiger partial charge in [0.2, 0.25) is 0 Å². The van der Waals surface area contributed by atoms with Crippen LogP contribution in [0, 0.1) is 26.1 Å². The molecule has 1 aliphatic carbocycles. The maximum Gasteiger partial charge on any atom is 0.269 e. The van der Waals surface area contributed by atoms with Crippen molar-refractivity contribution in [2.45, 2.75) is 18.6 Å². The van der Waals surface area contributed by atoms with E-state index in [1.807, 2.05) is 0 Å². The van der Waals surface area contributed by atoms with Crippen LogP contribution in [0.2, 0.25) is 0 Å². The summed E-state index contributed by atoms with van der Waals surface area (Å²) in [5.74, 6) is -0.129. The van der Waals surface area contributed by atoms with E-state index in [1.165, 1.54) is 18.2 Å². The minimum atomic E-state index is -0.724. The molecule has 0 aromatic heterocycles. The smallest absolute Gasteiger partial charge is 0.269 e. The third-order valence-corrected chi connectivity index (χ3v) is 5.65. The van der Waals surface area contributed by atoms with Crippen LogP contribution >= 0.6 is 0 Å². The van der Waals surface area contributed by atoms with E-state index in [2.05, 4.69) is 9.80 Å². The molecule has 1 aliphatic heterocycles. The predicted molar refractivity (Wildman–Crippen MR) is 109 cm³/mol. The monoisotopic (exact) mass is 418 g/mol. The average molecular weight is 418 g/mol. The maximum atomic E-state index is 10.8. The van der Waals surface area contributed by atoms with Gasteiger partial charge in [0.25, 0.3) is 11.4 Å². The first kappa shape index (κ1) is 22.0. The van der Waals surface area contributed by atoms with Crippen LogP contribution in [0.1, 0.15) is 18.1 Å². The number of nitro benzene ring substituents is 1. The topological polar surface area (TPSA) is 133 Å². The van der Waals surface area contributed by atoms with E-state index in [0.717, 1.165) is 26.2 Å². The van der Waals surface area contributed by atoms with Gasteiger partial charge in [-0.25, -0.2) is 0 Å². The first-order valence-corrected chi connectivity index (χ1v) is 9.91. The number of hydrogen-bond acceptors (Lipinski definition) is 8. The third-order valence-electron chi connectivity index (χ3n) is 5.65. The lowest BCUT2D eigenvalue weighted by atomic mass is 9.93. The molecule has 0 radical (unpaired) electrons. The molecule has 2 aliphatic rings. The number of nitro groups is 2. The van der Waals surface area contributed by atoms with Crippen LogP contribution in [0.25, 0.3) is 0 Å². The van der Waals surface area contributed by atoms with Crippen molar-refractivity contribution in [1.82, 2.24) is 9.80 Å². The Balaban J connectivity index is 1.42. The van der Waals surface area contributed by atoms with Crippen LogP contribution in [0.4, 0.5) is 5.69 Å². The number of aliphatic hydroxyl groups is 2. The lowest BCUT2D eigenvalue weighted by Gasteiger charge is -2.37. The highest BCUT2D eigenvalue weighted by molar-refractivity contribution is 5.33. The molecule has 3 rings (SSSR count). The van der Waals surface area contributed by atoms with Crippen LogP contribution < -0.4 is 0 Å². The molecule has 10 nitrogen and oxygen atoms in total. The number of benzene rings is 1. The first-order chi connectivity index (χ1) is 14.3. The standard InChI is InChI=1S/C20H26N4O6/c25-19(15-1-5-17(6-2-15)23(27)28)13-21-9-11-22(12-10-21)14-20(26)16-3-7-18(8-4-16)24(29)30/h1-3,5-8,16,19-20,25-26H,4,9-14H2. The molecule has 3 atom stereocenters. The molecule has 0 saturated carbocycles. The summed E-state index contributed by atoms with van der Waals surface area (Å²) in [7, 11) is 0. The van der Waals surface area contributed by atoms with Gasteiger partial charge in [0.05, 0.1) is 22.1 Å². The van der Waals surface area contributed by atoms with E-state index in [0.29, 0.717) is 25.1 Å². The Morgan fingerprint density at radius 2 is 1.57 bits per heavy atom. The van der Waals surface area contributed by atoms with Gasteiger partial charge in [-0.3, -0.25) is 30.0 Å². The van der Waals surface area contributed by atoms with E-state index in [9.17, 15) is 30.4 Å². The van der Waals surface area contributed by atoms with E-state index in [-0.39, 0.29) is 17.3 Å². The fraction of sp³-hybridized carbons (Fsp3) is 0.500. The first-order valence-electron chi connectivity index (χ1n) is 9.91. The molecule has 1 aromatic carbocycles. The summed E-state index contributed by atoms with van der Waals surface area (Å²) in [5, 5.41) is 42.4. The Morgan fingerprint density at radius 3 is 2.07 bits per heavy atom. The van der Waals surface area contributed by atoms with Crippen LogP contribution in [0.15, 0.2) is 48.2 Å². The van der Waals surface area contributed by atoms with E-state index in [1.54, 1.807) is 24.3 Å². The molecule has 0 amide bonds. The van der Waals surface area contributed by atoms with Crippen molar-refractivity contribution in [3.8, 4) is 0 Å². The number of nitrogens with zero attached hydrogens (tertiary/aromatic N) is 4. The van der Waals surface area contributed by atoms with Crippen LogP contribution in [0.5, 0.6) is 0 Å². The Kier molecular flexibility index (Phi) is 7.27. The van der Waals surface area contributed by atoms with E-state index in [4.69, 9.17) is 0 Å². The van der Waals surface area contributed by atoms with E-state index >= 15 is 0 Å². The number of allylic oxidation sites excluding steroid dienone is 2. The lowest BCUT2D eigenvalue weighted by molar-refractivity contribution is -0.419. The van der Waals surface area contributed by atoms with Crippen molar-refractivity contribution in [3.63, 3.8) is 0 Å². The molecule has 2 N–H and O–H groups in total. The van der Waals surface area contributed by atoms with Crippen LogP contribution in [0.3, 0.4) is 0 Å². The van der Waals surface area contributed by atoms with Gasteiger partial charge < -0.3 is 10.2 Å². The normalized spacial score (nSPS) is 22.3. The summed E-state index contributed by atoms with van der Waals surface area (Å²) in [6.07, 6.45) is 3.84. The average Bonchev–Trinajstić information content (AvgIpc) is 2.75. The fourth-order valence-corrected chi connectivity index (χ4v) is 3.77. The minimum Gasteiger partial charge on any atom is -0.391 e. The molecule has 0 spiro atoms. The molecule has 10 heteroatoms. The molecule has 0 bridgehead atoms. The lowest BCUT2D eigenvalue weighted by Crippen LogP contribution is -2.50. The second-order valence-corrected chi connectivity index (χ2v) is 7.68. The zero-order valence-corrected chi connectivity index (χ0v) is 16.5. The second-order valence-electron chi connectivity index (χ2n) is 7.68. The summed E-state index contributed by atoms with van der Waals surface area (Å²) in [6.45, 7) is 3.90. The third kappa shape index (κ3) is 5.70. The molecular formula is C20H26N4O6. The zero-order valence-electron chi connectivity index (χ0n) is 16.5.